The highest BCUT2D eigenvalue weighted by atomic mass is 16.6. The molecule has 0 saturated heterocycles. The maximum Gasteiger partial charge on any atom is 0.328 e. The highest BCUT2D eigenvalue weighted by Crippen LogP contribution is 2.61. The molecular formula is C27H42N2O5. The molecule has 0 aromatic heterocycles. The Bertz CT molecular complexity index is 828. The molecule has 1 fully saturated rings. The molecule has 0 aromatic carbocycles. The predicted molar refractivity (Wildman–Crippen MR) is 134 cm³/mol. The lowest BCUT2D eigenvalue weighted by Crippen LogP contribution is -2.50. The summed E-state index contributed by atoms with van der Waals surface area (Å²) < 4.78 is 0. The largest absolute Gasteiger partial charge is 0.478 e. The van der Waals surface area contributed by atoms with Crippen molar-refractivity contribution in [2.45, 2.75) is 72.6 Å². The molecule has 190 valence electrons. The third kappa shape index (κ3) is 7.05. The van der Waals surface area contributed by atoms with Crippen LogP contribution in [0.3, 0.4) is 0 Å². The summed E-state index contributed by atoms with van der Waals surface area (Å²) in [5, 5.41) is 20.0. The second kappa shape index (κ2) is 12.3. The summed E-state index contributed by atoms with van der Waals surface area (Å²) in [5.41, 5.74) is 9.32. The van der Waals surface area contributed by atoms with Gasteiger partial charge in [0.2, 0.25) is 0 Å². The Morgan fingerprint density at radius 2 is 1.91 bits per heavy atom. The monoisotopic (exact) mass is 474 g/mol. The molecule has 3 rings (SSSR count). The van der Waals surface area contributed by atoms with Crippen molar-refractivity contribution in [3.63, 3.8) is 0 Å². The number of aliphatic carboxylic acids is 2. The number of hydrogen-bond donors (Lipinski definition) is 3. The van der Waals surface area contributed by atoms with Gasteiger partial charge in [0.1, 0.15) is 6.61 Å². The fraction of sp³-hybridized carbons (Fsp3) is 0.667. The van der Waals surface area contributed by atoms with E-state index in [4.69, 9.17) is 20.8 Å². The number of rotatable bonds is 8. The normalized spacial score (nSPS) is 30.6. The van der Waals surface area contributed by atoms with Gasteiger partial charge in [-0.05, 0) is 73.8 Å². The number of nitrogens with two attached hydrogens (primary N) is 1. The van der Waals surface area contributed by atoms with E-state index in [1.54, 1.807) is 11.1 Å². The van der Waals surface area contributed by atoms with Gasteiger partial charge in [-0.1, -0.05) is 57.0 Å². The first-order valence-electron chi connectivity index (χ1n) is 12.4. The standard InChI is InChI=1S/C23H38N2O.C4H4O4/c1-17(2)18-7-9-20-19(15-18)8-10-21-22(3,11-5-12-23(20,21)4)16-25-26-14-6-13-24;5-3(6)1-2-4(7)8/h8,15-17,20-21H,5-7,9-14,24H2,1-4H3;1-2H,(H,5,6)(H,7,8)/b;2-1+/t20-,21?,22+,23+;/m0./s1. The van der Waals surface area contributed by atoms with Crippen LogP contribution in [0.1, 0.15) is 72.6 Å². The van der Waals surface area contributed by atoms with Crippen molar-refractivity contribution in [2.75, 3.05) is 13.2 Å². The van der Waals surface area contributed by atoms with Crippen LogP contribution >= 0.6 is 0 Å². The average molecular weight is 475 g/mol. The van der Waals surface area contributed by atoms with Gasteiger partial charge in [-0.3, -0.25) is 0 Å². The third-order valence-corrected chi connectivity index (χ3v) is 7.86. The summed E-state index contributed by atoms with van der Waals surface area (Å²) in [7, 11) is 0. The Kier molecular flexibility index (Phi) is 10.1. The Balaban J connectivity index is 0.000000440. The van der Waals surface area contributed by atoms with Crippen molar-refractivity contribution in [1.29, 1.82) is 0 Å². The molecule has 0 heterocycles. The molecule has 4 atom stereocenters. The minimum atomic E-state index is -1.26. The lowest BCUT2D eigenvalue weighted by Gasteiger charge is -2.57. The first-order chi connectivity index (χ1) is 16.0. The Hall–Kier alpha value is -2.41. The molecule has 7 nitrogen and oxygen atoms in total. The SMILES string of the molecule is CC(C)C1=CC2=CCC3[C@@](C)(C=NOCCCN)CCC[C@]3(C)[C@H]2CC1.O=C(O)/C=C/C(=O)O. The number of fused-ring (bicyclic) bond motifs is 3. The Morgan fingerprint density at radius 1 is 1.24 bits per heavy atom. The van der Waals surface area contributed by atoms with Crippen LogP contribution in [-0.2, 0) is 14.4 Å². The topological polar surface area (TPSA) is 122 Å². The van der Waals surface area contributed by atoms with Crippen molar-refractivity contribution >= 4 is 18.2 Å². The zero-order valence-electron chi connectivity index (χ0n) is 21.1. The van der Waals surface area contributed by atoms with Crippen LogP contribution in [0, 0.1) is 28.6 Å². The van der Waals surface area contributed by atoms with Crippen LogP contribution in [0.25, 0.3) is 0 Å². The van der Waals surface area contributed by atoms with E-state index >= 15 is 0 Å². The summed E-state index contributed by atoms with van der Waals surface area (Å²) in [4.78, 5) is 24.6. The fourth-order valence-corrected chi connectivity index (χ4v) is 6.05. The van der Waals surface area contributed by atoms with Gasteiger partial charge in [-0.2, -0.15) is 0 Å². The summed E-state index contributed by atoms with van der Waals surface area (Å²) in [6.07, 6.45) is 16.8. The maximum atomic E-state index is 9.55. The number of nitrogens with zero attached hydrogens (tertiary/aromatic N) is 1. The lowest BCUT2D eigenvalue weighted by molar-refractivity contribution is -0.134. The fourth-order valence-electron chi connectivity index (χ4n) is 6.05. The van der Waals surface area contributed by atoms with Crippen molar-refractivity contribution in [3.05, 3.63) is 35.5 Å². The summed E-state index contributed by atoms with van der Waals surface area (Å²) in [6.45, 7) is 10.9. The van der Waals surface area contributed by atoms with E-state index in [-0.39, 0.29) is 5.41 Å². The van der Waals surface area contributed by atoms with Gasteiger partial charge in [0.25, 0.3) is 0 Å². The maximum absolute atomic E-state index is 9.55. The highest BCUT2D eigenvalue weighted by Gasteiger charge is 2.53. The van der Waals surface area contributed by atoms with Crippen molar-refractivity contribution in [3.8, 4) is 0 Å². The molecule has 3 aliphatic carbocycles. The molecule has 34 heavy (non-hydrogen) atoms. The molecule has 0 radical (unpaired) electrons. The average Bonchev–Trinajstić information content (AvgIpc) is 2.77. The lowest BCUT2D eigenvalue weighted by atomic mass is 9.47. The number of hydrogen-bond acceptors (Lipinski definition) is 5. The zero-order valence-corrected chi connectivity index (χ0v) is 21.1. The number of carbonyl (C=O) groups is 2. The Labute approximate surface area is 203 Å². The van der Waals surface area contributed by atoms with Gasteiger partial charge < -0.3 is 20.8 Å². The predicted octanol–water partition coefficient (Wildman–Crippen LogP) is 5.18. The van der Waals surface area contributed by atoms with Crippen LogP contribution in [0.2, 0.25) is 0 Å². The molecule has 4 N–H and O–H groups in total. The molecule has 0 aromatic rings. The van der Waals surface area contributed by atoms with E-state index < -0.39 is 11.9 Å². The van der Waals surface area contributed by atoms with Crippen LogP contribution in [-0.4, -0.2) is 41.5 Å². The molecule has 0 spiro atoms. The number of carboxylic acids is 2. The number of oxime groups is 1. The highest BCUT2D eigenvalue weighted by molar-refractivity contribution is 5.89. The first kappa shape index (κ1) is 27.8. The quantitative estimate of drug-likeness (QED) is 0.193. The minimum absolute atomic E-state index is 0.139. The smallest absolute Gasteiger partial charge is 0.328 e. The summed E-state index contributed by atoms with van der Waals surface area (Å²) >= 11 is 0. The van der Waals surface area contributed by atoms with E-state index in [0.717, 1.165) is 12.3 Å². The van der Waals surface area contributed by atoms with Crippen LogP contribution in [0.4, 0.5) is 0 Å². The number of allylic oxidation sites excluding steroid dienone is 4. The third-order valence-electron chi connectivity index (χ3n) is 7.86. The molecule has 3 aliphatic rings. The van der Waals surface area contributed by atoms with Crippen LogP contribution in [0.15, 0.2) is 40.6 Å². The van der Waals surface area contributed by atoms with E-state index in [0.29, 0.717) is 42.6 Å². The van der Waals surface area contributed by atoms with E-state index in [9.17, 15) is 9.59 Å². The van der Waals surface area contributed by atoms with Gasteiger partial charge in [0, 0.05) is 23.8 Å². The van der Waals surface area contributed by atoms with Crippen LogP contribution < -0.4 is 5.73 Å². The van der Waals surface area contributed by atoms with Gasteiger partial charge in [-0.25, -0.2) is 9.59 Å². The van der Waals surface area contributed by atoms with E-state index in [1.807, 2.05) is 0 Å². The van der Waals surface area contributed by atoms with Gasteiger partial charge >= 0.3 is 11.9 Å². The molecule has 7 heteroatoms. The van der Waals surface area contributed by atoms with E-state index in [1.165, 1.54) is 38.5 Å². The van der Waals surface area contributed by atoms with E-state index in [2.05, 4.69) is 51.2 Å². The van der Waals surface area contributed by atoms with Crippen molar-refractivity contribution in [2.24, 2.45) is 39.5 Å². The second-order valence-electron chi connectivity index (χ2n) is 10.5. The molecule has 0 amide bonds. The zero-order chi connectivity index (χ0) is 25.4. The Morgan fingerprint density at radius 3 is 2.50 bits per heavy atom. The minimum Gasteiger partial charge on any atom is -0.478 e. The molecule has 0 bridgehead atoms. The molecule has 0 aliphatic heterocycles. The summed E-state index contributed by atoms with van der Waals surface area (Å²) in [5.74, 6) is -0.458. The second-order valence-corrected chi connectivity index (χ2v) is 10.5. The van der Waals surface area contributed by atoms with Crippen LogP contribution in [0.5, 0.6) is 0 Å². The van der Waals surface area contributed by atoms with Gasteiger partial charge in [-0.15, -0.1) is 0 Å². The van der Waals surface area contributed by atoms with Crippen molar-refractivity contribution in [1.82, 2.24) is 0 Å². The van der Waals surface area contributed by atoms with Gasteiger partial charge in [0.15, 0.2) is 0 Å². The molecule has 1 saturated carbocycles. The number of carboxylic acid groups (broad SMARTS) is 2. The summed E-state index contributed by atoms with van der Waals surface area (Å²) in [6, 6.07) is 0. The molecule has 1 unspecified atom stereocenters. The first-order valence-corrected chi connectivity index (χ1v) is 12.4. The molecular weight excluding hydrogens is 432 g/mol. The van der Waals surface area contributed by atoms with Crippen molar-refractivity contribution < 1.29 is 24.6 Å². The van der Waals surface area contributed by atoms with Gasteiger partial charge in [0.05, 0.1) is 0 Å².